The van der Waals surface area contributed by atoms with E-state index in [-0.39, 0.29) is 36.7 Å². The van der Waals surface area contributed by atoms with Gasteiger partial charge >= 0.3 is 0 Å². The summed E-state index contributed by atoms with van der Waals surface area (Å²) in [4.78, 5) is 50.3. The molecular formula is C29H40N6O5S. The fraction of sp³-hybridized carbons (Fsp3) is 0.586. The number of benzene rings is 1. The summed E-state index contributed by atoms with van der Waals surface area (Å²) in [6.45, 7) is 9.70. The number of piperazine rings is 1. The van der Waals surface area contributed by atoms with Gasteiger partial charge in [-0.15, -0.1) is 11.3 Å². The maximum absolute atomic E-state index is 13.5. The Hall–Kier alpha value is -2.90. The first kappa shape index (κ1) is 29.6. The van der Waals surface area contributed by atoms with Gasteiger partial charge in [-0.3, -0.25) is 19.3 Å². The lowest BCUT2D eigenvalue weighted by molar-refractivity contribution is -0.138. The van der Waals surface area contributed by atoms with E-state index in [4.69, 9.17) is 20.2 Å². The van der Waals surface area contributed by atoms with Crippen molar-refractivity contribution in [2.45, 2.75) is 44.5 Å². The largest absolute Gasteiger partial charge is 0.383 e. The highest BCUT2D eigenvalue weighted by Gasteiger charge is 2.52. The average molecular weight is 585 g/mol. The molecule has 1 aromatic heterocycles. The van der Waals surface area contributed by atoms with Crippen molar-refractivity contribution in [3.05, 3.63) is 35.2 Å². The Morgan fingerprint density at radius 2 is 1.93 bits per heavy atom. The monoisotopic (exact) mass is 584 g/mol. The number of amides is 2. The van der Waals surface area contributed by atoms with Crippen LogP contribution in [0, 0.1) is 5.92 Å². The van der Waals surface area contributed by atoms with E-state index in [0.29, 0.717) is 12.0 Å². The Morgan fingerprint density at radius 1 is 1.20 bits per heavy atom. The molecule has 1 unspecified atom stereocenters. The molecular weight excluding hydrogens is 544 g/mol. The minimum Gasteiger partial charge on any atom is -0.383 e. The van der Waals surface area contributed by atoms with Gasteiger partial charge in [0.2, 0.25) is 5.91 Å². The van der Waals surface area contributed by atoms with Crippen LogP contribution in [0.5, 0.6) is 0 Å². The van der Waals surface area contributed by atoms with Crippen molar-refractivity contribution in [3.63, 3.8) is 0 Å². The third-order valence-corrected chi connectivity index (χ3v) is 8.91. The first-order valence-electron chi connectivity index (χ1n) is 14.3. The first-order valence-corrected chi connectivity index (χ1v) is 15.2. The minimum absolute atomic E-state index is 0.0354. The fourth-order valence-corrected chi connectivity index (χ4v) is 6.66. The van der Waals surface area contributed by atoms with Crippen LogP contribution in [-0.4, -0.2) is 116 Å². The van der Waals surface area contributed by atoms with Gasteiger partial charge in [0.1, 0.15) is 24.8 Å². The predicted octanol–water partition coefficient (Wildman–Crippen LogP) is 1.23. The van der Waals surface area contributed by atoms with Gasteiger partial charge in [-0.05, 0) is 24.5 Å². The third kappa shape index (κ3) is 6.62. The number of nitrogens with one attached hydrogen (secondary N) is 1. The minimum atomic E-state index is -0.766. The Bertz CT molecular complexity index is 1230. The van der Waals surface area contributed by atoms with Gasteiger partial charge in [0.15, 0.2) is 10.9 Å². The molecule has 0 spiro atoms. The second-order valence-electron chi connectivity index (χ2n) is 11.4. The third-order valence-electron chi connectivity index (χ3n) is 8.01. The molecule has 11 nitrogen and oxygen atoms in total. The smallest absolute Gasteiger partial charge is 0.251 e. The standard InChI is InChI=1S/C29H40N6O5S/c1-18(2)14-22(28(38)35-15-21(30)26-25(35)24(36)16-40-26)31-27(37)20-6-4-19(5-7-20)23-17-41-29(32-23)34-10-8-33(9-11-34)12-13-39-3/h4-7,17-18,21-22,25-26H,8-16,30H2,1-3H3,(H,31,37)/t21-,22?,25+,26+/m0/s1. The van der Waals surface area contributed by atoms with Crippen molar-refractivity contribution < 1.29 is 23.9 Å². The molecule has 12 heteroatoms. The van der Waals surface area contributed by atoms with E-state index in [2.05, 4.69) is 15.1 Å². The van der Waals surface area contributed by atoms with Crippen molar-refractivity contribution in [1.82, 2.24) is 20.1 Å². The van der Waals surface area contributed by atoms with Crippen LogP contribution in [0.1, 0.15) is 30.6 Å². The summed E-state index contributed by atoms with van der Waals surface area (Å²) in [5, 5.41) is 5.96. The van der Waals surface area contributed by atoms with E-state index in [9.17, 15) is 14.4 Å². The summed E-state index contributed by atoms with van der Waals surface area (Å²) in [6, 6.07) is 5.41. The van der Waals surface area contributed by atoms with Crippen LogP contribution in [0.15, 0.2) is 29.6 Å². The van der Waals surface area contributed by atoms with Crippen molar-refractivity contribution in [2.24, 2.45) is 11.7 Å². The number of aromatic nitrogens is 1. The number of Topliss-reactive ketones (excluding diaryl/α,β-unsaturated/α-hetero) is 1. The Kier molecular flexibility index (Phi) is 9.35. The Labute approximate surface area is 245 Å². The van der Waals surface area contributed by atoms with Crippen molar-refractivity contribution >= 4 is 34.1 Å². The molecule has 0 aliphatic carbocycles. The summed E-state index contributed by atoms with van der Waals surface area (Å²) in [5.41, 5.74) is 8.41. The normalized spacial score (nSPS) is 23.7. The van der Waals surface area contributed by atoms with Crippen molar-refractivity contribution in [2.75, 3.05) is 64.5 Å². The molecule has 2 aromatic rings. The molecule has 3 fully saturated rings. The predicted molar refractivity (Wildman–Crippen MR) is 157 cm³/mol. The number of nitrogens with zero attached hydrogens (tertiary/aromatic N) is 4. The maximum Gasteiger partial charge on any atom is 0.251 e. The number of carbonyl (C=O) groups excluding carboxylic acids is 3. The van der Waals surface area contributed by atoms with Gasteiger partial charge < -0.3 is 30.3 Å². The SMILES string of the molecule is COCCN1CCN(c2nc(-c3ccc(C(=O)NC(CC(C)C)C(=O)N4C[C@H](N)[C@H]5OCC(=O)[C@H]54)cc3)cs2)CC1. The molecule has 3 saturated heterocycles. The summed E-state index contributed by atoms with van der Waals surface area (Å²) >= 11 is 1.62. The highest BCUT2D eigenvalue weighted by atomic mass is 32.1. The van der Waals surface area contributed by atoms with Crippen LogP contribution < -0.4 is 16.0 Å². The number of methoxy groups -OCH3 is 1. The lowest BCUT2D eigenvalue weighted by Crippen LogP contribution is -2.52. The van der Waals surface area contributed by atoms with Crippen LogP contribution in [0.2, 0.25) is 0 Å². The number of hydrogen-bond acceptors (Lipinski definition) is 10. The molecule has 4 atom stereocenters. The van der Waals surface area contributed by atoms with Gasteiger partial charge in [0.05, 0.1) is 18.3 Å². The molecule has 2 amide bonds. The number of thiazole rings is 1. The van der Waals surface area contributed by atoms with E-state index in [1.807, 2.05) is 31.4 Å². The summed E-state index contributed by atoms with van der Waals surface area (Å²) in [6.07, 6.45) is -0.0329. The number of hydrogen-bond donors (Lipinski definition) is 2. The van der Waals surface area contributed by atoms with Crippen molar-refractivity contribution in [3.8, 4) is 11.3 Å². The fourth-order valence-electron chi connectivity index (χ4n) is 5.77. The lowest BCUT2D eigenvalue weighted by Gasteiger charge is -2.34. The zero-order valence-electron chi connectivity index (χ0n) is 24.0. The van der Waals surface area contributed by atoms with Crippen LogP contribution in [0.3, 0.4) is 0 Å². The van der Waals surface area contributed by atoms with Gasteiger partial charge in [-0.25, -0.2) is 4.98 Å². The number of ketones is 1. The van der Waals surface area contributed by atoms with Crippen LogP contribution in [0.25, 0.3) is 11.3 Å². The van der Waals surface area contributed by atoms with Crippen LogP contribution >= 0.6 is 11.3 Å². The number of nitrogens with two attached hydrogens (primary N) is 1. The van der Waals surface area contributed by atoms with Crippen molar-refractivity contribution in [1.29, 1.82) is 0 Å². The number of ether oxygens (including phenoxy) is 2. The molecule has 5 rings (SSSR count). The highest BCUT2D eigenvalue weighted by Crippen LogP contribution is 2.29. The molecule has 41 heavy (non-hydrogen) atoms. The molecule has 0 radical (unpaired) electrons. The van der Waals surface area contributed by atoms with E-state index in [1.54, 1.807) is 30.6 Å². The molecule has 3 aliphatic heterocycles. The topological polar surface area (TPSA) is 130 Å². The second kappa shape index (κ2) is 13.0. The number of rotatable bonds is 10. The van der Waals surface area contributed by atoms with Gasteiger partial charge in [-0.2, -0.15) is 0 Å². The zero-order chi connectivity index (χ0) is 29.1. The second-order valence-corrected chi connectivity index (χ2v) is 12.2. The van der Waals surface area contributed by atoms with E-state index < -0.39 is 24.2 Å². The van der Waals surface area contributed by atoms with E-state index >= 15 is 0 Å². The lowest BCUT2D eigenvalue weighted by atomic mass is 10.0. The van der Waals surface area contributed by atoms with Crippen LogP contribution in [0.4, 0.5) is 5.13 Å². The average Bonchev–Trinajstić information content (AvgIpc) is 3.69. The number of likely N-dealkylation sites (tertiary alicyclic amines) is 1. The van der Waals surface area contributed by atoms with E-state index in [0.717, 1.165) is 55.7 Å². The molecule has 222 valence electrons. The molecule has 3 aliphatic rings. The molecule has 1 aromatic carbocycles. The molecule has 0 bridgehead atoms. The first-order chi connectivity index (χ1) is 19.7. The molecule has 0 saturated carbocycles. The molecule has 3 N–H and O–H groups in total. The Morgan fingerprint density at radius 3 is 2.61 bits per heavy atom. The maximum atomic E-state index is 13.5. The number of anilines is 1. The zero-order valence-corrected chi connectivity index (χ0v) is 24.8. The number of carbonyl (C=O) groups is 3. The van der Waals surface area contributed by atoms with Gasteiger partial charge in [0.25, 0.3) is 5.91 Å². The van der Waals surface area contributed by atoms with Crippen LogP contribution in [-0.2, 0) is 19.1 Å². The Balaban J connectivity index is 1.21. The van der Waals surface area contributed by atoms with Gasteiger partial charge in [-0.1, -0.05) is 26.0 Å². The summed E-state index contributed by atoms with van der Waals surface area (Å²) < 4.78 is 10.7. The van der Waals surface area contributed by atoms with E-state index in [1.165, 1.54) is 4.90 Å². The number of fused-ring (bicyclic) bond motifs is 1. The quantitative estimate of drug-likeness (QED) is 0.424. The summed E-state index contributed by atoms with van der Waals surface area (Å²) in [7, 11) is 1.73. The highest BCUT2D eigenvalue weighted by molar-refractivity contribution is 7.14. The molecule has 4 heterocycles. The van der Waals surface area contributed by atoms with Gasteiger partial charge in [0, 0.05) is 62.9 Å². The summed E-state index contributed by atoms with van der Waals surface area (Å²) in [5.74, 6) is -0.618.